The topological polar surface area (TPSA) is 89.3 Å². The number of carbonyl (C=O) groups is 1. The number of carboxylic acid groups (broad SMARTS) is 1. The summed E-state index contributed by atoms with van der Waals surface area (Å²) in [6, 6.07) is 0. The molecular weight excluding hydrogens is 188 g/mol. The molecule has 1 rings (SSSR count). The van der Waals surface area contributed by atoms with E-state index in [1.165, 1.54) is 6.33 Å². The van der Waals surface area contributed by atoms with Crippen LogP contribution in [0.2, 0.25) is 0 Å². The van der Waals surface area contributed by atoms with Crippen molar-refractivity contribution in [2.45, 2.75) is 13.1 Å². The summed E-state index contributed by atoms with van der Waals surface area (Å²) >= 11 is 0. The summed E-state index contributed by atoms with van der Waals surface area (Å²) in [5, 5.41) is 18.1. The molecule has 0 saturated carbocycles. The Bertz CT molecular complexity index is 299. The van der Waals surface area contributed by atoms with E-state index < -0.39 is 6.09 Å². The predicted molar refractivity (Wildman–Crippen MR) is 46.8 cm³/mol. The Morgan fingerprint density at radius 2 is 2.57 bits per heavy atom. The number of rotatable bonds is 5. The lowest BCUT2D eigenvalue weighted by Crippen LogP contribution is -2.22. The molecule has 1 aromatic heterocycles. The first-order valence-corrected chi connectivity index (χ1v) is 4.06. The van der Waals surface area contributed by atoms with Gasteiger partial charge >= 0.3 is 6.09 Å². The Morgan fingerprint density at radius 1 is 1.79 bits per heavy atom. The molecule has 0 bridgehead atoms. The van der Waals surface area contributed by atoms with E-state index in [0.717, 1.165) is 0 Å². The van der Waals surface area contributed by atoms with E-state index in [2.05, 4.69) is 15.5 Å². The number of nitrogens with one attached hydrogen (secondary N) is 1. The van der Waals surface area contributed by atoms with Gasteiger partial charge in [-0.3, -0.25) is 0 Å². The predicted octanol–water partition coefficient (Wildman–Crippen LogP) is -0.308. The highest BCUT2D eigenvalue weighted by atomic mass is 16.5. The fourth-order valence-electron chi connectivity index (χ4n) is 0.947. The molecule has 0 aliphatic heterocycles. The zero-order valence-electron chi connectivity index (χ0n) is 7.80. The van der Waals surface area contributed by atoms with Crippen LogP contribution in [0.4, 0.5) is 4.79 Å². The summed E-state index contributed by atoms with van der Waals surface area (Å²) in [5.74, 6) is 0.574. The van der Waals surface area contributed by atoms with Crippen LogP contribution in [-0.2, 0) is 17.8 Å². The smallest absolute Gasteiger partial charge is 0.405 e. The molecular formula is C7H12N4O3. The number of methoxy groups -OCH3 is 1. The maximum absolute atomic E-state index is 10.2. The summed E-state index contributed by atoms with van der Waals surface area (Å²) in [7, 11) is 1.60. The molecule has 0 atom stereocenters. The van der Waals surface area contributed by atoms with Gasteiger partial charge in [0.05, 0.1) is 13.2 Å². The van der Waals surface area contributed by atoms with Crippen LogP contribution in [0.25, 0.3) is 0 Å². The second-order valence-corrected chi connectivity index (χ2v) is 2.59. The molecule has 7 nitrogen and oxygen atoms in total. The Balaban J connectivity index is 2.49. The molecule has 1 heterocycles. The van der Waals surface area contributed by atoms with Crippen molar-refractivity contribution in [1.82, 2.24) is 20.1 Å². The van der Waals surface area contributed by atoms with E-state index in [0.29, 0.717) is 19.0 Å². The van der Waals surface area contributed by atoms with Crippen molar-refractivity contribution in [1.29, 1.82) is 0 Å². The Hall–Kier alpha value is -1.63. The molecule has 0 saturated heterocycles. The maximum atomic E-state index is 10.2. The molecule has 7 heteroatoms. The maximum Gasteiger partial charge on any atom is 0.405 e. The molecule has 0 spiro atoms. The van der Waals surface area contributed by atoms with Gasteiger partial charge in [0.2, 0.25) is 0 Å². The lowest BCUT2D eigenvalue weighted by atomic mass is 10.5. The summed E-state index contributed by atoms with van der Waals surface area (Å²) in [6.45, 7) is 1.30. The van der Waals surface area contributed by atoms with Crippen LogP contribution in [0.5, 0.6) is 0 Å². The third-order valence-electron chi connectivity index (χ3n) is 1.63. The SMILES string of the molecule is COCCn1cnnc1CNC(=O)O. The van der Waals surface area contributed by atoms with Crippen molar-refractivity contribution in [2.24, 2.45) is 0 Å². The van der Waals surface area contributed by atoms with E-state index in [9.17, 15) is 4.79 Å². The van der Waals surface area contributed by atoms with Gasteiger partial charge in [-0.1, -0.05) is 0 Å². The van der Waals surface area contributed by atoms with Crippen LogP contribution < -0.4 is 5.32 Å². The minimum Gasteiger partial charge on any atom is -0.465 e. The Labute approximate surface area is 80.7 Å². The molecule has 1 amide bonds. The third-order valence-corrected chi connectivity index (χ3v) is 1.63. The van der Waals surface area contributed by atoms with Crippen LogP contribution in [0.1, 0.15) is 5.82 Å². The van der Waals surface area contributed by atoms with Gasteiger partial charge in [-0.05, 0) is 0 Å². The van der Waals surface area contributed by atoms with Crippen LogP contribution >= 0.6 is 0 Å². The van der Waals surface area contributed by atoms with Gasteiger partial charge in [-0.2, -0.15) is 0 Å². The summed E-state index contributed by atoms with van der Waals surface area (Å²) in [5.41, 5.74) is 0. The highest BCUT2D eigenvalue weighted by molar-refractivity contribution is 5.64. The number of aromatic nitrogens is 3. The number of hydrogen-bond donors (Lipinski definition) is 2. The molecule has 0 aromatic carbocycles. The molecule has 78 valence electrons. The van der Waals surface area contributed by atoms with Gasteiger partial charge in [0.1, 0.15) is 6.33 Å². The van der Waals surface area contributed by atoms with Crippen LogP contribution in [0, 0.1) is 0 Å². The third kappa shape index (κ3) is 3.02. The standard InChI is InChI=1S/C7H12N4O3/c1-14-3-2-11-5-9-10-6(11)4-8-7(12)13/h5,8H,2-4H2,1H3,(H,12,13). The van der Waals surface area contributed by atoms with E-state index in [4.69, 9.17) is 9.84 Å². The fourth-order valence-corrected chi connectivity index (χ4v) is 0.947. The second-order valence-electron chi connectivity index (χ2n) is 2.59. The number of ether oxygens (including phenoxy) is 1. The Morgan fingerprint density at radius 3 is 3.21 bits per heavy atom. The lowest BCUT2D eigenvalue weighted by molar-refractivity contribution is 0.185. The first kappa shape index (κ1) is 10.5. The average Bonchev–Trinajstić information content (AvgIpc) is 2.58. The van der Waals surface area contributed by atoms with Gasteiger partial charge in [-0.25, -0.2) is 4.79 Å². The van der Waals surface area contributed by atoms with Crippen molar-refractivity contribution in [3.05, 3.63) is 12.2 Å². The highest BCUT2D eigenvalue weighted by Gasteiger charge is 2.04. The van der Waals surface area contributed by atoms with Crippen LogP contribution in [-0.4, -0.2) is 39.7 Å². The van der Waals surface area contributed by atoms with Crippen molar-refractivity contribution < 1.29 is 14.6 Å². The van der Waals surface area contributed by atoms with Crippen molar-refractivity contribution >= 4 is 6.09 Å². The van der Waals surface area contributed by atoms with E-state index in [1.54, 1.807) is 11.7 Å². The van der Waals surface area contributed by atoms with Crippen molar-refractivity contribution in [2.75, 3.05) is 13.7 Å². The number of amides is 1. The molecule has 2 N–H and O–H groups in total. The van der Waals surface area contributed by atoms with E-state index >= 15 is 0 Å². The largest absolute Gasteiger partial charge is 0.465 e. The minimum atomic E-state index is -1.08. The summed E-state index contributed by atoms with van der Waals surface area (Å²) in [6.07, 6.45) is 0.462. The molecule has 0 radical (unpaired) electrons. The van der Waals surface area contributed by atoms with Gasteiger partial charge in [0, 0.05) is 13.7 Å². The van der Waals surface area contributed by atoms with Gasteiger partial charge < -0.3 is 19.7 Å². The first-order chi connectivity index (χ1) is 6.74. The quantitative estimate of drug-likeness (QED) is 0.680. The molecule has 14 heavy (non-hydrogen) atoms. The molecule has 0 aliphatic rings. The first-order valence-electron chi connectivity index (χ1n) is 4.06. The van der Waals surface area contributed by atoms with E-state index in [1.807, 2.05) is 0 Å². The molecule has 1 aromatic rings. The van der Waals surface area contributed by atoms with Crippen LogP contribution in [0.15, 0.2) is 6.33 Å². The number of hydrogen-bond acceptors (Lipinski definition) is 4. The normalized spacial score (nSPS) is 10.1. The Kier molecular flexibility index (Phi) is 3.86. The summed E-state index contributed by atoms with van der Waals surface area (Å²) < 4.78 is 6.62. The molecule has 0 fully saturated rings. The summed E-state index contributed by atoms with van der Waals surface area (Å²) in [4.78, 5) is 10.2. The highest BCUT2D eigenvalue weighted by Crippen LogP contribution is 1.94. The monoisotopic (exact) mass is 200 g/mol. The lowest BCUT2D eigenvalue weighted by Gasteiger charge is -2.04. The molecule has 0 aliphatic carbocycles. The van der Waals surface area contributed by atoms with E-state index in [-0.39, 0.29) is 6.54 Å². The van der Waals surface area contributed by atoms with Crippen molar-refractivity contribution in [3.63, 3.8) is 0 Å². The average molecular weight is 200 g/mol. The van der Waals surface area contributed by atoms with Gasteiger partial charge in [0.15, 0.2) is 5.82 Å². The second kappa shape index (κ2) is 5.18. The van der Waals surface area contributed by atoms with Gasteiger partial charge in [-0.15, -0.1) is 10.2 Å². The molecule has 0 unspecified atom stereocenters. The zero-order chi connectivity index (χ0) is 10.4. The minimum absolute atomic E-state index is 0.152. The zero-order valence-corrected chi connectivity index (χ0v) is 7.80. The fraction of sp³-hybridized carbons (Fsp3) is 0.571. The number of nitrogens with zero attached hydrogens (tertiary/aromatic N) is 3. The van der Waals surface area contributed by atoms with Gasteiger partial charge in [0.25, 0.3) is 0 Å². The van der Waals surface area contributed by atoms with Crippen molar-refractivity contribution in [3.8, 4) is 0 Å². The van der Waals surface area contributed by atoms with Crippen LogP contribution in [0.3, 0.4) is 0 Å².